The number of aromatic nitrogens is 2. The zero-order valence-corrected chi connectivity index (χ0v) is 8.11. The molecule has 4 nitrogen and oxygen atoms in total. The second kappa shape index (κ2) is 3.68. The zero-order chi connectivity index (χ0) is 10.8. The molecule has 5 heteroatoms. The maximum atomic E-state index is 13.4. The predicted molar refractivity (Wildman–Crippen MR) is 51.1 cm³/mol. The molecule has 2 heterocycles. The van der Waals surface area contributed by atoms with Gasteiger partial charge in [-0.1, -0.05) is 6.07 Å². The third-order valence-corrected chi connectivity index (χ3v) is 1.97. The number of hydrogen-bond acceptors (Lipinski definition) is 3. The van der Waals surface area contributed by atoms with Crippen molar-refractivity contribution in [3.8, 4) is 0 Å². The lowest BCUT2D eigenvalue weighted by molar-refractivity contribution is 0.0516. The number of rotatable bonds is 2. The molecule has 2 aromatic rings. The highest BCUT2D eigenvalue weighted by atomic mass is 19.1. The molecule has 78 valence electrons. The first-order valence-electron chi connectivity index (χ1n) is 4.53. The van der Waals surface area contributed by atoms with Crippen LogP contribution in [-0.2, 0) is 4.74 Å². The number of hydrogen-bond donors (Lipinski definition) is 0. The highest BCUT2D eigenvalue weighted by Crippen LogP contribution is 2.10. The second-order valence-corrected chi connectivity index (χ2v) is 2.91. The number of fused-ring (bicyclic) bond motifs is 1. The number of nitrogens with zero attached hydrogens (tertiary/aromatic N) is 2. The first-order chi connectivity index (χ1) is 7.24. The van der Waals surface area contributed by atoms with Crippen molar-refractivity contribution in [3.63, 3.8) is 0 Å². The van der Waals surface area contributed by atoms with Crippen LogP contribution in [0.1, 0.15) is 17.4 Å². The van der Waals surface area contributed by atoms with Crippen LogP contribution in [0, 0.1) is 5.95 Å². The summed E-state index contributed by atoms with van der Waals surface area (Å²) in [6.07, 6.45) is 1.30. The Morgan fingerprint density at radius 3 is 3.13 bits per heavy atom. The lowest BCUT2D eigenvalue weighted by atomic mass is 10.4. The van der Waals surface area contributed by atoms with Gasteiger partial charge >= 0.3 is 5.97 Å². The van der Waals surface area contributed by atoms with Gasteiger partial charge in [-0.15, -0.1) is 0 Å². The van der Waals surface area contributed by atoms with E-state index in [1.807, 2.05) is 0 Å². The average Bonchev–Trinajstić information content (AvgIpc) is 2.63. The molecule has 0 unspecified atom stereocenters. The molecule has 0 spiro atoms. The SMILES string of the molecule is CCOC(=O)c1cnc2cccc(F)n12. The molecule has 2 rings (SSSR count). The molecule has 15 heavy (non-hydrogen) atoms. The van der Waals surface area contributed by atoms with Crippen molar-refractivity contribution in [1.29, 1.82) is 0 Å². The molecule has 0 aromatic carbocycles. The Bertz CT molecular complexity index is 507. The van der Waals surface area contributed by atoms with E-state index in [1.165, 1.54) is 18.3 Å². The van der Waals surface area contributed by atoms with E-state index in [2.05, 4.69) is 4.98 Å². The van der Waals surface area contributed by atoms with E-state index >= 15 is 0 Å². The summed E-state index contributed by atoms with van der Waals surface area (Å²) in [4.78, 5) is 15.3. The third-order valence-electron chi connectivity index (χ3n) is 1.97. The molecule has 0 bridgehead atoms. The van der Waals surface area contributed by atoms with Crippen LogP contribution in [-0.4, -0.2) is 22.0 Å². The van der Waals surface area contributed by atoms with Crippen LogP contribution in [0.4, 0.5) is 4.39 Å². The lowest BCUT2D eigenvalue weighted by Crippen LogP contribution is -2.09. The topological polar surface area (TPSA) is 43.6 Å². The first kappa shape index (κ1) is 9.64. The molecule has 0 saturated heterocycles. The van der Waals surface area contributed by atoms with E-state index in [4.69, 9.17) is 4.74 Å². The molecule has 0 aliphatic carbocycles. The van der Waals surface area contributed by atoms with Crippen LogP contribution in [0.15, 0.2) is 24.4 Å². The average molecular weight is 208 g/mol. The van der Waals surface area contributed by atoms with E-state index in [0.717, 1.165) is 4.40 Å². The molecule has 0 amide bonds. The van der Waals surface area contributed by atoms with Crippen LogP contribution >= 0.6 is 0 Å². The predicted octanol–water partition coefficient (Wildman–Crippen LogP) is 1.65. The van der Waals surface area contributed by atoms with Gasteiger partial charge in [0, 0.05) is 0 Å². The molecule has 0 fully saturated rings. The Hall–Kier alpha value is -1.91. The summed E-state index contributed by atoms with van der Waals surface area (Å²) in [6.45, 7) is 1.94. The normalized spacial score (nSPS) is 10.5. The van der Waals surface area contributed by atoms with Crippen LogP contribution in [0.3, 0.4) is 0 Å². The van der Waals surface area contributed by atoms with E-state index in [0.29, 0.717) is 5.65 Å². The molecule has 0 aliphatic heterocycles. The monoisotopic (exact) mass is 208 g/mol. The minimum Gasteiger partial charge on any atom is -0.461 e. The fraction of sp³-hybridized carbons (Fsp3) is 0.200. The van der Waals surface area contributed by atoms with E-state index < -0.39 is 11.9 Å². The van der Waals surface area contributed by atoms with Crippen molar-refractivity contribution in [3.05, 3.63) is 36.0 Å². The number of carbonyl (C=O) groups excluding carboxylic acids is 1. The van der Waals surface area contributed by atoms with Crippen LogP contribution < -0.4 is 0 Å². The van der Waals surface area contributed by atoms with Gasteiger partial charge in [0.1, 0.15) is 5.65 Å². The third kappa shape index (κ3) is 1.56. The van der Waals surface area contributed by atoms with Crippen LogP contribution in [0.5, 0.6) is 0 Å². The Morgan fingerprint density at radius 1 is 1.60 bits per heavy atom. The second-order valence-electron chi connectivity index (χ2n) is 2.91. The first-order valence-corrected chi connectivity index (χ1v) is 4.53. The van der Waals surface area contributed by atoms with Crippen molar-refractivity contribution >= 4 is 11.6 Å². The summed E-state index contributed by atoms with van der Waals surface area (Å²) in [5.41, 5.74) is 0.489. The van der Waals surface area contributed by atoms with Gasteiger partial charge in [-0.25, -0.2) is 9.78 Å². The largest absolute Gasteiger partial charge is 0.461 e. The summed E-state index contributed by atoms with van der Waals surface area (Å²) >= 11 is 0. The molecule has 0 atom stereocenters. The summed E-state index contributed by atoms with van der Waals surface area (Å²) in [5, 5.41) is 0. The molecule has 0 N–H and O–H groups in total. The van der Waals surface area contributed by atoms with Crippen LogP contribution in [0.2, 0.25) is 0 Å². The van der Waals surface area contributed by atoms with Gasteiger partial charge in [0.2, 0.25) is 0 Å². The van der Waals surface area contributed by atoms with Crippen LogP contribution in [0.25, 0.3) is 5.65 Å². The van der Waals surface area contributed by atoms with Crippen molar-refractivity contribution in [2.45, 2.75) is 6.92 Å². The van der Waals surface area contributed by atoms with Gasteiger partial charge in [-0.05, 0) is 19.1 Å². The zero-order valence-electron chi connectivity index (χ0n) is 8.11. The molecule has 0 radical (unpaired) electrons. The molecular weight excluding hydrogens is 199 g/mol. The van der Waals surface area contributed by atoms with Crippen molar-refractivity contribution in [2.75, 3.05) is 6.61 Å². The number of esters is 1. The number of imidazole rings is 1. The molecule has 2 aromatic heterocycles. The minimum atomic E-state index is -0.574. The highest BCUT2D eigenvalue weighted by molar-refractivity contribution is 5.88. The van der Waals surface area contributed by atoms with Gasteiger partial charge in [0.25, 0.3) is 0 Å². The quantitative estimate of drug-likeness (QED) is 0.556. The summed E-state index contributed by atoms with van der Waals surface area (Å²) in [7, 11) is 0. The highest BCUT2D eigenvalue weighted by Gasteiger charge is 2.14. The van der Waals surface area contributed by atoms with Crippen molar-refractivity contribution < 1.29 is 13.9 Å². The van der Waals surface area contributed by atoms with Gasteiger partial charge in [0.05, 0.1) is 12.8 Å². The summed E-state index contributed by atoms with van der Waals surface area (Å²) < 4.78 is 19.3. The van der Waals surface area contributed by atoms with Gasteiger partial charge in [0.15, 0.2) is 11.6 Å². The number of carbonyl (C=O) groups is 1. The van der Waals surface area contributed by atoms with E-state index in [1.54, 1.807) is 13.0 Å². The standard InChI is InChI=1S/C10H9FN2O2/c1-2-15-10(14)7-6-12-9-5-3-4-8(11)13(7)9/h3-6H,2H2,1H3. The number of halogens is 1. The smallest absolute Gasteiger partial charge is 0.357 e. The maximum absolute atomic E-state index is 13.4. The Balaban J connectivity index is 2.57. The van der Waals surface area contributed by atoms with E-state index in [-0.39, 0.29) is 12.3 Å². The number of ether oxygens (including phenoxy) is 1. The lowest BCUT2D eigenvalue weighted by Gasteiger charge is -2.02. The van der Waals surface area contributed by atoms with Gasteiger partial charge in [-0.2, -0.15) is 4.39 Å². The van der Waals surface area contributed by atoms with Crippen molar-refractivity contribution in [2.24, 2.45) is 0 Å². The Labute approximate surface area is 85.3 Å². The van der Waals surface area contributed by atoms with E-state index in [9.17, 15) is 9.18 Å². The minimum absolute atomic E-state index is 0.102. The fourth-order valence-electron chi connectivity index (χ4n) is 1.35. The maximum Gasteiger partial charge on any atom is 0.357 e. The molecular formula is C10H9FN2O2. The van der Waals surface area contributed by atoms with Gasteiger partial charge < -0.3 is 4.74 Å². The fourth-order valence-corrected chi connectivity index (χ4v) is 1.35. The Kier molecular flexibility index (Phi) is 2.37. The van der Waals surface area contributed by atoms with Gasteiger partial charge in [-0.3, -0.25) is 4.40 Å². The Morgan fingerprint density at radius 2 is 2.40 bits per heavy atom. The molecule has 0 saturated carbocycles. The summed E-state index contributed by atoms with van der Waals surface area (Å²) in [6, 6.07) is 4.41. The summed E-state index contributed by atoms with van der Waals surface area (Å²) in [5.74, 6) is -1.11. The number of pyridine rings is 1. The van der Waals surface area contributed by atoms with Crippen molar-refractivity contribution in [1.82, 2.24) is 9.38 Å². The molecule has 0 aliphatic rings.